The molecule has 0 bridgehead atoms. The molecule has 0 radical (unpaired) electrons. The van der Waals surface area contributed by atoms with E-state index in [2.05, 4.69) is 25.5 Å². The Morgan fingerprint density at radius 3 is 2.66 bits per heavy atom. The molecule has 0 spiro atoms. The van der Waals surface area contributed by atoms with Crippen LogP contribution in [0.3, 0.4) is 0 Å². The normalized spacial score (nSPS) is 11.8. The summed E-state index contributed by atoms with van der Waals surface area (Å²) in [5.41, 5.74) is 1.38. The molecule has 1 aromatic heterocycles. The Labute approximate surface area is 169 Å². The second-order valence-corrected chi connectivity index (χ2v) is 6.48. The van der Waals surface area contributed by atoms with Crippen LogP contribution in [-0.4, -0.2) is 30.9 Å². The molecule has 0 saturated carbocycles. The minimum atomic E-state index is -2.95. The van der Waals surface area contributed by atoms with Crippen molar-refractivity contribution in [3.8, 4) is 11.5 Å². The maximum absolute atomic E-state index is 12.9. The topological polar surface area (TPSA) is 80.9 Å². The van der Waals surface area contributed by atoms with E-state index in [1.165, 1.54) is 0 Å². The largest absolute Gasteiger partial charge is 0.490 e. The van der Waals surface area contributed by atoms with Crippen LogP contribution < -0.4 is 20.1 Å². The Bertz CT molecular complexity index is 794. The van der Waals surface area contributed by atoms with Crippen molar-refractivity contribution in [1.29, 1.82) is 0 Å². The standard InChI is InChI=1S/C20H28F2N4O3/c1-5-23-20(25-12-15-10-16(13(3)4)26-29-15)24-11-14-8-7-9-17(27-6-2)18(14)28-19(21)22/h7-10,13,19H,5-6,11-12H2,1-4H3,(H2,23,24,25). The average molecular weight is 410 g/mol. The SMILES string of the molecule is CCNC(=NCc1cccc(OCC)c1OC(F)F)NCc1cc(C(C)C)no1. The van der Waals surface area contributed by atoms with E-state index in [1.54, 1.807) is 25.1 Å². The van der Waals surface area contributed by atoms with E-state index in [1.807, 2.05) is 26.8 Å². The van der Waals surface area contributed by atoms with Gasteiger partial charge in [-0.1, -0.05) is 31.1 Å². The zero-order valence-electron chi connectivity index (χ0n) is 17.2. The van der Waals surface area contributed by atoms with Gasteiger partial charge in [0.1, 0.15) is 0 Å². The van der Waals surface area contributed by atoms with Gasteiger partial charge in [0.05, 0.1) is 25.4 Å². The molecule has 9 heteroatoms. The molecule has 0 saturated heterocycles. The van der Waals surface area contributed by atoms with E-state index >= 15 is 0 Å². The zero-order valence-corrected chi connectivity index (χ0v) is 17.2. The van der Waals surface area contributed by atoms with Crippen LogP contribution in [0.5, 0.6) is 11.5 Å². The molecule has 2 aromatic rings. The lowest BCUT2D eigenvalue weighted by Crippen LogP contribution is -2.36. The van der Waals surface area contributed by atoms with Crippen molar-refractivity contribution in [3.05, 3.63) is 41.3 Å². The van der Waals surface area contributed by atoms with Crippen LogP contribution in [-0.2, 0) is 13.1 Å². The first-order valence-electron chi connectivity index (χ1n) is 9.61. The van der Waals surface area contributed by atoms with Gasteiger partial charge in [-0.15, -0.1) is 0 Å². The van der Waals surface area contributed by atoms with E-state index in [-0.39, 0.29) is 24.0 Å². The monoisotopic (exact) mass is 410 g/mol. The number of benzene rings is 1. The lowest BCUT2D eigenvalue weighted by molar-refractivity contribution is -0.0520. The highest BCUT2D eigenvalue weighted by Crippen LogP contribution is 2.33. The number of rotatable bonds is 10. The first kappa shape index (κ1) is 22.4. The van der Waals surface area contributed by atoms with Crippen molar-refractivity contribution < 1.29 is 22.8 Å². The van der Waals surface area contributed by atoms with E-state index in [0.717, 1.165) is 5.69 Å². The summed E-state index contributed by atoms with van der Waals surface area (Å²) in [6.07, 6.45) is 0. The summed E-state index contributed by atoms with van der Waals surface area (Å²) in [6.45, 7) is 6.34. The van der Waals surface area contributed by atoms with Crippen molar-refractivity contribution in [2.45, 2.75) is 53.3 Å². The molecule has 0 aliphatic carbocycles. The first-order chi connectivity index (χ1) is 13.9. The predicted molar refractivity (Wildman–Crippen MR) is 106 cm³/mol. The van der Waals surface area contributed by atoms with Gasteiger partial charge in [-0.3, -0.25) is 0 Å². The van der Waals surface area contributed by atoms with Gasteiger partial charge in [-0.2, -0.15) is 8.78 Å². The molecule has 0 fully saturated rings. The average Bonchev–Trinajstić information content (AvgIpc) is 3.15. The van der Waals surface area contributed by atoms with Crippen molar-refractivity contribution >= 4 is 5.96 Å². The minimum Gasteiger partial charge on any atom is -0.490 e. The summed E-state index contributed by atoms with van der Waals surface area (Å²) < 4.78 is 41.1. The lowest BCUT2D eigenvalue weighted by atomic mass is 10.1. The van der Waals surface area contributed by atoms with Crippen LogP contribution in [0.1, 0.15) is 50.6 Å². The summed E-state index contributed by atoms with van der Waals surface area (Å²) in [4.78, 5) is 4.46. The lowest BCUT2D eigenvalue weighted by Gasteiger charge is -2.15. The van der Waals surface area contributed by atoms with Crippen LogP contribution in [0.15, 0.2) is 33.8 Å². The van der Waals surface area contributed by atoms with Crippen LogP contribution in [0.2, 0.25) is 0 Å². The Hall–Kier alpha value is -2.84. The van der Waals surface area contributed by atoms with Gasteiger partial charge in [-0.25, -0.2) is 4.99 Å². The number of alkyl halides is 2. The maximum Gasteiger partial charge on any atom is 0.387 e. The van der Waals surface area contributed by atoms with Crippen LogP contribution in [0.25, 0.3) is 0 Å². The number of hydrogen-bond acceptors (Lipinski definition) is 5. The van der Waals surface area contributed by atoms with Crippen molar-refractivity contribution in [2.24, 2.45) is 4.99 Å². The molecule has 0 aliphatic heterocycles. The third kappa shape index (κ3) is 6.92. The first-order valence-corrected chi connectivity index (χ1v) is 9.61. The molecule has 160 valence electrons. The third-order valence-corrected chi connectivity index (χ3v) is 3.92. The second-order valence-electron chi connectivity index (χ2n) is 6.48. The van der Waals surface area contributed by atoms with Crippen molar-refractivity contribution in [1.82, 2.24) is 15.8 Å². The van der Waals surface area contributed by atoms with E-state index in [0.29, 0.717) is 37.0 Å². The maximum atomic E-state index is 12.9. The molecule has 2 rings (SSSR count). The van der Waals surface area contributed by atoms with Crippen molar-refractivity contribution in [3.63, 3.8) is 0 Å². The number of para-hydroxylation sites is 1. The van der Waals surface area contributed by atoms with E-state index < -0.39 is 6.61 Å². The fourth-order valence-electron chi connectivity index (χ4n) is 2.54. The zero-order chi connectivity index (χ0) is 21.2. The van der Waals surface area contributed by atoms with Gasteiger partial charge in [0, 0.05) is 18.2 Å². The Balaban J connectivity index is 2.13. The molecule has 0 atom stereocenters. The van der Waals surface area contributed by atoms with Gasteiger partial charge in [0.15, 0.2) is 23.2 Å². The molecule has 1 heterocycles. The molecule has 0 aliphatic rings. The quantitative estimate of drug-likeness (QED) is 0.454. The molecule has 29 heavy (non-hydrogen) atoms. The van der Waals surface area contributed by atoms with Crippen LogP contribution >= 0.6 is 0 Å². The number of halogens is 2. The smallest absolute Gasteiger partial charge is 0.387 e. The summed E-state index contributed by atoms with van der Waals surface area (Å²) in [5, 5.41) is 10.3. The molecule has 0 amide bonds. The molecular formula is C20H28F2N4O3. The number of aliphatic imine (C=N–C) groups is 1. The van der Waals surface area contributed by atoms with Crippen LogP contribution in [0, 0.1) is 0 Å². The highest BCUT2D eigenvalue weighted by atomic mass is 19.3. The second kappa shape index (κ2) is 11.2. The van der Waals surface area contributed by atoms with Gasteiger partial charge in [-0.05, 0) is 25.8 Å². The Morgan fingerprint density at radius 1 is 1.24 bits per heavy atom. The molecule has 1 aromatic carbocycles. The third-order valence-electron chi connectivity index (χ3n) is 3.92. The van der Waals surface area contributed by atoms with E-state index in [9.17, 15) is 8.78 Å². The van der Waals surface area contributed by atoms with Gasteiger partial charge >= 0.3 is 6.61 Å². The number of guanidine groups is 1. The van der Waals surface area contributed by atoms with Gasteiger partial charge in [0.25, 0.3) is 0 Å². The number of nitrogens with zero attached hydrogens (tertiary/aromatic N) is 2. The highest BCUT2D eigenvalue weighted by molar-refractivity contribution is 5.79. The number of ether oxygens (including phenoxy) is 2. The fraction of sp³-hybridized carbons (Fsp3) is 0.500. The summed E-state index contributed by atoms with van der Waals surface area (Å²) in [6, 6.07) is 6.88. The Morgan fingerprint density at radius 2 is 2.03 bits per heavy atom. The molecular weight excluding hydrogens is 382 g/mol. The Kier molecular flexibility index (Phi) is 8.69. The highest BCUT2D eigenvalue weighted by Gasteiger charge is 2.16. The number of hydrogen-bond donors (Lipinski definition) is 2. The number of nitrogens with one attached hydrogen (secondary N) is 2. The summed E-state index contributed by atoms with van der Waals surface area (Å²) in [7, 11) is 0. The summed E-state index contributed by atoms with van der Waals surface area (Å²) >= 11 is 0. The molecule has 2 N–H and O–H groups in total. The van der Waals surface area contributed by atoms with Crippen LogP contribution in [0.4, 0.5) is 8.78 Å². The molecule has 0 unspecified atom stereocenters. The van der Waals surface area contributed by atoms with E-state index in [4.69, 9.17) is 9.26 Å². The molecule has 7 nitrogen and oxygen atoms in total. The predicted octanol–water partition coefficient (Wildman–Crippen LogP) is 4.05. The van der Waals surface area contributed by atoms with Gasteiger partial charge in [0.2, 0.25) is 0 Å². The number of aromatic nitrogens is 1. The fourth-order valence-corrected chi connectivity index (χ4v) is 2.54. The van der Waals surface area contributed by atoms with Crippen molar-refractivity contribution in [2.75, 3.05) is 13.2 Å². The summed E-state index contributed by atoms with van der Waals surface area (Å²) in [5.74, 6) is 1.74. The van der Waals surface area contributed by atoms with Gasteiger partial charge < -0.3 is 24.6 Å². The minimum absolute atomic E-state index is 0.000702.